The fourth-order valence-corrected chi connectivity index (χ4v) is 3.72. The molecule has 1 aliphatic heterocycles. The Bertz CT molecular complexity index is 675. The Labute approximate surface area is 167 Å². The molecule has 11 heteroatoms. The highest BCUT2D eigenvalue weighted by molar-refractivity contribution is 7.91. The summed E-state index contributed by atoms with van der Waals surface area (Å²) in [6.07, 6.45) is 1.29. The zero-order valence-electron chi connectivity index (χ0n) is 17.1. The van der Waals surface area contributed by atoms with E-state index in [4.69, 9.17) is 14.2 Å². The van der Waals surface area contributed by atoms with Crippen LogP contribution in [0.3, 0.4) is 0 Å². The molecule has 0 spiro atoms. The number of rotatable bonds is 15. The number of sulfone groups is 1. The molecule has 0 atom stereocenters. The van der Waals surface area contributed by atoms with E-state index in [-0.39, 0.29) is 5.25 Å². The first-order valence-electron chi connectivity index (χ1n) is 9.60. The summed E-state index contributed by atoms with van der Waals surface area (Å²) < 4.78 is 41.1. The molecule has 0 amide bonds. The molecule has 0 aromatic carbocycles. The van der Waals surface area contributed by atoms with Gasteiger partial charge in [0.1, 0.15) is 0 Å². The minimum absolute atomic E-state index is 0.251. The Balaban J connectivity index is 1.53. The van der Waals surface area contributed by atoms with Gasteiger partial charge in [0, 0.05) is 32.4 Å². The van der Waals surface area contributed by atoms with Gasteiger partial charge in [0.25, 0.3) is 0 Å². The largest absolute Gasteiger partial charge is 0.378 e. The number of likely N-dealkylation sites (tertiary alicyclic amines) is 1. The van der Waals surface area contributed by atoms with Gasteiger partial charge >= 0.3 is 0 Å². The molecule has 1 aliphatic rings. The number of hydrogen-bond donors (Lipinski definition) is 1. The van der Waals surface area contributed by atoms with Gasteiger partial charge in [-0.25, -0.2) is 13.1 Å². The van der Waals surface area contributed by atoms with Crippen LogP contribution in [0.4, 0.5) is 0 Å². The van der Waals surface area contributed by atoms with Crippen LogP contribution in [0.5, 0.6) is 0 Å². The fourth-order valence-electron chi connectivity index (χ4n) is 2.76. The Morgan fingerprint density at radius 3 is 2.29 bits per heavy atom. The third-order valence-electron chi connectivity index (χ3n) is 4.67. The van der Waals surface area contributed by atoms with Crippen molar-refractivity contribution in [3.05, 3.63) is 11.4 Å². The van der Waals surface area contributed by atoms with Crippen LogP contribution in [0.2, 0.25) is 0 Å². The van der Waals surface area contributed by atoms with Crippen LogP contribution >= 0.6 is 0 Å². The lowest BCUT2D eigenvalue weighted by atomic mass is 10.2. The number of ether oxygens (including phenoxy) is 3. The van der Waals surface area contributed by atoms with Gasteiger partial charge in [-0.3, -0.25) is 4.90 Å². The second kappa shape index (κ2) is 11.8. The van der Waals surface area contributed by atoms with E-state index in [0.29, 0.717) is 65.8 Å². The summed E-state index contributed by atoms with van der Waals surface area (Å²) in [6.45, 7) is 8.62. The standard InChI is InChI=1S/C17H33N5O5S/c1-15-17(14-21-12-16(13-21)28(3,23)24)19-20-22(15)5-7-26-9-11-27-10-8-25-6-4-18-2/h16,18H,4-14H2,1-3H3. The molecule has 10 nitrogen and oxygen atoms in total. The number of nitrogens with zero attached hydrogens (tertiary/aromatic N) is 4. The van der Waals surface area contributed by atoms with Gasteiger partial charge in [-0.05, 0) is 14.0 Å². The van der Waals surface area contributed by atoms with Crippen molar-refractivity contribution in [2.24, 2.45) is 0 Å². The van der Waals surface area contributed by atoms with Gasteiger partial charge < -0.3 is 19.5 Å². The van der Waals surface area contributed by atoms with Crippen LogP contribution < -0.4 is 5.32 Å². The summed E-state index contributed by atoms with van der Waals surface area (Å²) in [5, 5.41) is 11.1. The first-order chi connectivity index (χ1) is 13.4. The predicted molar refractivity (Wildman–Crippen MR) is 105 cm³/mol. The molecule has 2 rings (SSSR count). The molecule has 0 radical (unpaired) electrons. The summed E-state index contributed by atoms with van der Waals surface area (Å²) in [5.74, 6) is 0. The maximum absolute atomic E-state index is 11.5. The molecule has 0 unspecified atom stereocenters. The number of hydrogen-bond acceptors (Lipinski definition) is 9. The zero-order valence-corrected chi connectivity index (χ0v) is 17.9. The molecule has 2 heterocycles. The fraction of sp³-hybridized carbons (Fsp3) is 0.882. The minimum atomic E-state index is -2.94. The average molecular weight is 420 g/mol. The highest BCUT2D eigenvalue weighted by atomic mass is 32.2. The van der Waals surface area contributed by atoms with Crippen molar-refractivity contribution in [2.45, 2.75) is 25.3 Å². The first kappa shape index (κ1) is 23.2. The zero-order chi connectivity index (χ0) is 20.4. The van der Waals surface area contributed by atoms with Crippen molar-refractivity contribution in [1.82, 2.24) is 25.2 Å². The van der Waals surface area contributed by atoms with Crippen molar-refractivity contribution < 1.29 is 22.6 Å². The van der Waals surface area contributed by atoms with Crippen LogP contribution in [0.15, 0.2) is 0 Å². The van der Waals surface area contributed by atoms with E-state index in [1.807, 2.05) is 18.7 Å². The van der Waals surface area contributed by atoms with Crippen LogP contribution in [0, 0.1) is 6.92 Å². The molecular formula is C17H33N5O5S. The van der Waals surface area contributed by atoms with Crippen LogP contribution in [-0.2, 0) is 37.1 Å². The quantitative estimate of drug-likeness (QED) is 0.361. The van der Waals surface area contributed by atoms with E-state index in [9.17, 15) is 8.42 Å². The molecule has 1 fully saturated rings. The van der Waals surface area contributed by atoms with Crippen LogP contribution in [0.1, 0.15) is 11.4 Å². The minimum Gasteiger partial charge on any atom is -0.378 e. The van der Waals surface area contributed by atoms with Gasteiger partial charge in [-0.1, -0.05) is 5.21 Å². The summed E-state index contributed by atoms with van der Waals surface area (Å²) in [4.78, 5) is 2.07. The SMILES string of the molecule is CNCCOCCOCCOCCn1nnc(CN2CC(S(C)(=O)=O)C2)c1C. The normalized spacial score (nSPS) is 15.8. The summed E-state index contributed by atoms with van der Waals surface area (Å²) in [5.41, 5.74) is 1.87. The van der Waals surface area contributed by atoms with E-state index in [2.05, 4.69) is 20.5 Å². The van der Waals surface area contributed by atoms with Crippen molar-refractivity contribution in [2.75, 3.05) is 72.6 Å². The Morgan fingerprint density at radius 2 is 1.68 bits per heavy atom. The lowest BCUT2D eigenvalue weighted by molar-refractivity contribution is 0.0134. The lowest BCUT2D eigenvalue weighted by Crippen LogP contribution is -2.53. The van der Waals surface area contributed by atoms with Crippen molar-refractivity contribution in [3.8, 4) is 0 Å². The van der Waals surface area contributed by atoms with Gasteiger partial charge in [0.2, 0.25) is 0 Å². The Hall–Kier alpha value is -1.11. The van der Waals surface area contributed by atoms with Gasteiger partial charge in [-0.15, -0.1) is 5.10 Å². The second-order valence-electron chi connectivity index (χ2n) is 6.93. The topological polar surface area (TPSA) is 108 Å². The van der Waals surface area contributed by atoms with Gasteiger partial charge in [0.05, 0.1) is 62.8 Å². The summed E-state index contributed by atoms with van der Waals surface area (Å²) in [6, 6.07) is 0. The third kappa shape index (κ3) is 7.72. The average Bonchev–Trinajstić information content (AvgIpc) is 2.94. The molecule has 0 saturated carbocycles. The number of likely N-dealkylation sites (N-methyl/N-ethyl adjacent to an activating group) is 1. The molecule has 1 aromatic heterocycles. The Kier molecular flexibility index (Phi) is 9.75. The van der Waals surface area contributed by atoms with Gasteiger partial charge in [-0.2, -0.15) is 0 Å². The molecule has 28 heavy (non-hydrogen) atoms. The molecule has 1 aromatic rings. The maximum atomic E-state index is 11.5. The summed E-state index contributed by atoms with van der Waals surface area (Å²) >= 11 is 0. The number of aromatic nitrogens is 3. The lowest BCUT2D eigenvalue weighted by Gasteiger charge is -2.37. The van der Waals surface area contributed by atoms with Gasteiger partial charge in [0.15, 0.2) is 9.84 Å². The Morgan fingerprint density at radius 1 is 1.07 bits per heavy atom. The van der Waals surface area contributed by atoms with Crippen molar-refractivity contribution >= 4 is 9.84 Å². The van der Waals surface area contributed by atoms with Crippen molar-refractivity contribution in [3.63, 3.8) is 0 Å². The highest BCUT2D eigenvalue weighted by Gasteiger charge is 2.34. The third-order valence-corrected chi connectivity index (χ3v) is 6.18. The maximum Gasteiger partial charge on any atom is 0.152 e. The van der Waals surface area contributed by atoms with Crippen LogP contribution in [-0.4, -0.2) is 106 Å². The molecular weight excluding hydrogens is 386 g/mol. The van der Waals surface area contributed by atoms with E-state index in [1.54, 1.807) is 0 Å². The smallest absolute Gasteiger partial charge is 0.152 e. The second-order valence-corrected chi connectivity index (χ2v) is 9.26. The number of nitrogens with one attached hydrogen (secondary N) is 1. The summed E-state index contributed by atoms with van der Waals surface area (Å²) in [7, 11) is -1.05. The van der Waals surface area contributed by atoms with E-state index in [0.717, 1.165) is 17.9 Å². The van der Waals surface area contributed by atoms with Crippen LogP contribution in [0.25, 0.3) is 0 Å². The molecule has 1 saturated heterocycles. The molecule has 0 bridgehead atoms. The van der Waals surface area contributed by atoms with E-state index >= 15 is 0 Å². The molecule has 1 N–H and O–H groups in total. The molecule has 162 valence electrons. The predicted octanol–water partition coefficient (Wildman–Crippen LogP) is -0.915. The van der Waals surface area contributed by atoms with Crippen molar-refractivity contribution in [1.29, 1.82) is 0 Å². The first-order valence-corrected chi connectivity index (χ1v) is 11.5. The monoisotopic (exact) mass is 419 g/mol. The molecule has 0 aliphatic carbocycles. The van der Waals surface area contributed by atoms with E-state index < -0.39 is 9.84 Å². The van der Waals surface area contributed by atoms with E-state index in [1.165, 1.54) is 6.26 Å². The highest BCUT2D eigenvalue weighted by Crippen LogP contribution is 2.18.